The molecule has 0 aliphatic carbocycles. The molecule has 0 aromatic rings. The summed E-state index contributed by atoms with van der Waals surface area (Å²) in [4.78, 5) is 0. The molecule has 0 saturated heterocycles. The van der Waals surface area contributed by atoms with Crippen LogP contribution in [0.5, 0.6) is 0 Å². The molecular formula is C18H40O3SSi. The summed E-state index contributed by atoms with van der Waals surface area (Å²) in [5.74, 6) is 0.865. The zero-order valence-corrected chi connectivity index (χ0v) is 17.7. The predicted molar refractivity (Wildman–Crippen MR) is 105 cm³/mol. The van der Waals surface area contributed by atoms with E-state index in [2.05, 4.69) is 33.4 Å². The number of hydrogen-bond donors (Lipinski definition) is 1. The average molecular weight is 365 g/mol. The van der Waals surface area contributed by atoms with Crippen molar-refractivity contribution in [2.24, 2.45) is 0 Å². The molecule has 140 valence electrons. The standard InChI is InChI=1S/C18H40O3SSi/c1-4-7-10-14-19-23(18-13-17-22,20-15-11-8-5-2)21-16-12-9-6-3/h22H,4-18H2,1-3H3. The molecule has 0 aromatic carbocycles. The Kier molecular flexibility index (Phi) is 17.6. The van der Waals surface area contributed by atoms with E-state index in [4.69, 9.17) is 13.3 Å². The molecule has 0 aliphatic heterocycles. The fourth-order valence-corrected chi connectivity index (χ4v) is 5.49. The summed E-state index contributed by atoms with van der Waals surface area (Å²) >= 11 is 4.36. The lowest BCUT2D eigenvalue weighted by molar-refractivity contribution is 0.0554. The van der Waals surface area contributed by atoms with Gasteiger partial charge in [-0.05, 0) is 31.4 Å². The molecule has 0 N–H and O–H groups in total. The molecule has 0 atom stereocenters. The maximum absolute atomic E-state index is 6.25. The molecule has 0 saturated carbocycles. The molecule has 0 bridgehead atoms. The van der Waals surface area contributed by atoms with Crippen molar-refractivity contribution < 1.29 is 13.3 Å². The third-order valence-electron chi connectivity index (χ3n) is 3.85. The van der Waals surface area contributed by atoms with Crippen molar-refractivity contribution in [3.8, 4) is 0 Å². The van der Waals surface area contributed by atoms with Gasteiger partial charge in [-0.2, -0.15) is 12.6 Å². The molecule has 0 amide bonds. The van der Waals surface area contributed by atoms with Crippen LogP contribution in [0.15, 0.2) is 0 Å². The molecule has 0 heterocycles. The lowest BCUT2D eigenvalue weighted by Crippen LogP contribution is -2.46. The molecule has 0 spiro atoms. The number of rotatable bonds is 18. The number of unbranched alkanes of at least 4 members (excludes halogenated alkanes) is 6. The summed E-state index contributed by atoms with van der Waals surface area (Å²) in [6.45, 7) is 8.97. The summed E-state index contributed by atoms with van der Waals surface area (Å²) in [5, 5.41) is 0. The first-order valence-corrected chi connectivity index (χ1v) is 12.3. The van der Waals surface area contributed by atoms with E-state index >= 15 is 0 Å². The van der Waals surface area contributed by atoms with Gasteiger partial charge in [0.15, 0.2) is 0 Å². The zero-order chi connectivity index (χ0) is 17.2. The van der Waals surface area contributed by atoms with Crippen LogP contribution in [0.1, 0.15) is 85.0 Å². The van der Waals surface area contributed by atoms with Crippen molar-refractivity contribution in [2.75, 3.05) is 25.6 Å². The van der Waals surface area contributed by atoms with E-state index in [-0.39, 0.29) is 0 Å². The van der Waals surface area contributed by atoms with Gasteiger partial charge in [-0.1, -0.05) is 59.3 Å². The fraction of sp³-hybridized carbons (Fsp3) is 1.00. The van der Waals surface area contributed by atoms with E-state index in [1.165, 1.54) is 38.5 Å². The van der Waals surface area contributed by atoms with Crippen molar-refractivity contribution in [1.29, 1.82) is 0 Å². The Bertz CT molecular complexity index is 211. The van der Waals surface area contributed by atoms with Crippen molar-refractivity contribution in [3.63, 3.8) is 0 Å². The molecule has 0 rings (SSSR count). The third kappa shape index (κ3) is 13.4. The van der Waals surface area contributed by atoms with Gasteiger partial charge in [0.1, 0.15) is 0 Å². The number of thiol groups is 1. The number of hydrogen-bond acceptors (Lipinski definition) is 4. The zero-order valence-electron chi connectivity index (χ0n) is 15.8. The maximum atomic E-state index is 6.25. The normalized spacial score (nSPS) is 12.0. The van der Waals surface area contributed by atoms with Crippen LogP contribution < -0.4 is 0 Å². The van der Waals surface area contributed by atoms with E-state index in [9.17, 15) is 0 Å². The largest absolute Gasteiger partial charge is 0.500 e. The van der Waals surface area contributed by atoms with Crippen LogP contribution in [-0.4, -0.2) is 34.4 Å². The minimum Gasteiger partial charge on any atom is -0.373 e. The first kappa shape index (κ1) is 23.4. The quantitative estimate of drug-likeness (QED) is 0.187. The summed E-state index contributed by atoms with van der Waals surface area (Å²) in [6, 6.07) is 0.904. The Balaban J connectivity index is 4.51. The highest BCUT2D eigenvalue weighted by molar-refractivity contribution is 7.80. The van der Waals surface area contributed by atoms with Gasteiger partial charge in [-0.25, -0.2) is 0 Å². The average Bonchev–Trinajstić information content (AvgIpc) is 2.57. The van der Waals surface area contributed by atoms with Crippen LogP contribution in [0, 0.1) is 0 Å². The van der Waals surface area contributed by atoms with E-state index in [0.29, 0.717) is 0 Å². The van der Waals surface area contributed by atoms with Gasteiger partial charge in [-0.3, -0.25) is 0 Å². The Hall–Kier alpha value is 0.447. The SMILES string of the molecule is CCCCCO[Si](CCCS)(OCCCCC)OCCCCC. The van der Waals surface area contributed by atoms with Gasteiger partial charge in [0.2, 0.25) is 0 Å². The van der Waals surface area contributed by atoms with Crippen LogP contribution >= 0.6 is 12.6 Å². The van der Waals surface area contributed by atoms with E-state index in [1.807, 2.05) is 0 Å². The molecule has 0 radical (unpaired) electrons. The Labute approximate surface area is 151 Å². The second-order valence-electron chi connectivity index (χ2n) is 6.18. The topological polar surface area (TPSA) is 27.7 Å². The van der Waals surface area contributed by atoms with Crippen LogP contribution in [0.2, 0.25) is 6.04 Å². The van der Waals surface area contributed by atoms with Gasteiger partial charge in [0, 0.05) is 25.9 Å². The Morgan fingerprint density at radius 1 is 0.609 bits per heavy atom. The molecular weight excluding hydrogens is 324 g/mol. The molecule has 0 fully saturated rings. The van der Waals surface area contributed by atoms with Crippen LogP contribution in [-0.2, 0) is 13.3 Å². The fourth-order valence-electron chi connectivity index (χ4n) is 2.38. The van der Waals surface area contributed by atoms with E-state index in [1.54, 1.807) is 0 Å². The molecule has 0 unspecified atom stereocenters. The van der Waals surface area contributed by atoms with Gasteiger partial charge >= 0.3 is 8.80 Å². The van der Waals surface area contributed by atoms with Crippen LogP contribution in [0.3, 0.4) is 0 Å². The third-order valence-corrected chi connectivity index (χ3v) is 7.06. The lowest BCUT2D eigenvalue weighted by Gasteiger charge is -2.30. The highest BCUT2D eigenvalue weighted by Gasteiger charge is 2.40. The first-order valence-electron chi connectivity index (χ1n) is 9.77. The van der Waals surface area contributed by atoms with Crippen molar-refractivity contribution >= 4 is 21.4 Å². The second kappa shape index (κ2) is 17.3. The Morgan fingerprint density at radius 3 is 1.30 bits per heavy atom. The van der Waals surface area contributed by atoms with E-state index < -0.39 is 8.80 Å². The minimum atomic E-state index is -2.52. The van der Waals surface area contributed by atoms with Crippen molar-refractivity contribution in [3.05, 3.63) is 0 Å². The Morgan fingerprint density at radius 2 is 1.00 bits per heavy atom. The molecule has 5 heteroatoms. The summed E-state index contributed by atoms with van der Waals surface area (Å²) in [6.07, 6.45) is 11.6. The molecule has 0 aliphatic rings. The maximum Gasteiger partial charge on any atom is 0.500 e. The van der Waals surface area contributed by atoms with E-state index in [0.717, 1.165) is 57.3 Å². The van der Waals surface area contributed by atoms with Crippen molar-refractivity contribution in [1.82, 2.24) is 0 Å². The lowest BCUT2D eigenvalue weighted by atomic mass is 10.3. The van der Waals surface area contributed by atoms with Gasteiger partial charge in [0.25, 0.3) is 0 Å². The minimum absolute atomic E-state index is 0.772. The smallest absolute Gasteiger partial charge is 0.373 e. The highest BCUT2D eigenvalue weighted by Crippen LogP contribution is 2.21. The molecule has 3 nitrogen and oxygen atoms in total. The van der Waals surface area contributed by atoms with Crippen LogP contribution in [0.25, 0.3) is 0 Å². The van der Waals surface area contributed by atoms with Gasteiger partial charge in [0.05, 0.1) is 0 Å². The van der Waals surface area contributed by atoms with Crippen LogP contribution in [0.4, 0.5) is 0 Å². The summed E-state index contributed by atoms with van der Waals surface area (Å²) < 4.78 is 18.8. The second-order valence-corrected chi connectivity index (χ2v) is 9.36. The highest BCUT2D eigenvalue weighted by atomic mass is 32.1. The summed E-state index contributed by atoms with van der Waals surface area (Å²) in [7, 11) is -2.52. The first-order chi connectivity index (χ1) is 11.2. The van der Waals surface area contributed by atoms with Crippen molar-refractivity contribution in [2.45, 2.75) is 91.0 Å². The van der Waals surface area contributed by atoms with Gasteiger partial charge in [-0.15, -0.1) is 0 Å². The monoisotopic (exact) mass is 364 g/mol. The predicted octanol–water partition coefficient (Wildman–Crippen LogP) is 5.87. The van der Waals surface area contributed by atoms with Gasteiger partial charge < -0.3 is 13.3 Å². The molecule has 23 heavy (non-hydrogen) atoms. The molecule has 0 aromatic heterocycles. The summed E-state index contributed by atoms with van der Waals surface area (Å²) in [5.41, 5.74) is 0.